The fraction of sp³-hybridized carbons (Fsp3) is 0.714. The molecule has 5 aliphatic carbocycles. The summed E-state index contributed by atoms with van der Waals surface area (Å²) >= 11 is 0. The van der Waals surface area contributed by atoms with Crippen LogP contribution in [0.15, 0.2) is 30.3 Å². The van der Waals surface area contributed by atoms with E-state index in [1.54, 1.807) is 0 Å². The summed E-state index contributed by atoms with van der Waals surface area (Å²) < 4.78 is 6.35. The maximum Gasteiger partial charge on any atom is 0.309 e. The van der Waals surface area contributed by atoms with E-state index in [0.717, 1.165) is 37.7 Å². The summed E-state index contributed by atoms with van der Waals surface area (Å²) in [5, 5.41) is 0. The minimum absolute atomic E-state index is 0.000995. The van der Waals surface area contributed by atoms with Gasteiger partial charge in [-0.2, -0.15) is 0 Å². The SMILES string of the molecule is CC(C)[C@@H]1CC[C@@H](C)C[C@H]1OC(=O)[C@H]1[C@H]2C[C@@H]3C[C@H](C2)[C@@H](C(=O)c2ccccc2)[C@H]1C3. The second kappa shape index (κ2) is 8.37. The van der Waals surface area contributed by atoms with Crippen molar-refractivity contribution < 1.29 is 14.3 Å². The van der Waals surface area contributed by atoms with Crippen molar-refractivity contribution in [1.29, 1.82) is 0 Å². The van der Waals surface area contributed by atoms with E-state index in [0.29, 0.717) is 35.5 Å². The van der Waals surface area contributed by atoms with Crippen LogP contribution in [-0.4, -0.2) is 17.9 Å². The molecule has 9 atom stereocenters. The first-order chi connectivity index (χ1) is 14.9. The summed E-state index contributed by atoms with van der Waals surface area (Å²) in [4.78, 5) is 27.2. The molecular weight excluding hydrogens is 384 g/mol. The van der Waals surface area contributed by atoms with E-state index >= 15 is 0 Å². The quantitative estimate of drug-likeness (QED) is 0.421. The molecule has 3 heteroatoms. The highest BCUT2D eigenvalue weighted by atomic mass is 16.5. The highest BCUT2D eigenvalue weighted by Gasteiger charge is 2.58. The lowest BCUT2D eigenvalue weighted by molar-refractivity contribution is -0.177. The van der Waals surface area contributed by atoms with Crippen molar-refractivity contribution in [3.05, 3.63) is 35.9 Å². The Morgan fingerprint density at radius 2 is 1.61 bits per heavy atom. The molecule has 5 saturated carbocycles. The van der Waals surface area contributed by atoms with Crippen molar-refractivity contribution in [3.63, 3.8) is 0 Å². The Morgan fingerprint density at radius 1 is 0.903 bits per heavy atom. The van der Waals surface area contributed by atoms with Gasteiger partial charge in [0.05, 0.1) is 5.92 Å². The average molecular weight is 423 g/mol. The zero-order chi connectivity index (χ0) is 21.7. The zero-order valence-corrected chi connectivity index (χ0v) is 19.3. The monoisotopic (exact) mass is 422 g/mol. The molecule has 5 aliphatic rings. The van der Waals surface area contributed by atoms with Gasteiger partial charge in [0.15, 0.2) is 5.78 Å². The zero-order valence-electron chi connectivity index (χ0n) is 19.3. The number of carbonyl (C=O) groups excluding carboxylic acids is 2. The number of ether oxygens (including phenoxy) is 1. The van der Waals surface area contributed by atoms with Gasteiger partial charge in [-0.15, -0.1) is 0 Å². The number of Topliss-reactive ketones (excluding diaryl/α,β-unsaturated/α-hetero) is 1. The van der Waals surface area contributed by atoms with E-state index in [1.807, 2.05) is 30.3 Å². The van der Waals surface area contributed by atoms with E-state index in [9.17, 15) is 9.59 Å². The van der Waals surface area contributed by atoms with E-state index in [-0.39, 0.29) is 35.6 Å². The van der Waals surface area contributed by atoms with Crippen LogP contribution in [0, 0.1) is 53.3 Å². The Labute approximate surface area is 187 Å². The first kappa shape index (κ1) is 21.2. The van der Waals surface area contributed by atoms with Crippen LogP contribution < -0.4 is 0 Å². The van der Waals surface area contributed by atoms with Crippen LogP contribution in [0.1, 0.15) is 76.1 Å². The van der Waals surface area contributed by atoms with E-state index in [1.165, 1.54) is 12.8 Å². The molecule has 4 bridgehead atoms. The number of rotatable bonds is 5. The summed E-state index contributed by atoms with van der Waals surface area (Å²) in [7, 11) is 0. The largest absolute Gasteiger partial charge is 0.462 e. The van der Waals surface area contributed by atoms with Crippen molar-refractivity contribution in [2.24, 2.45) is 53.3 Å². The minimum atomic E-state index is -0.0736. The van der Waals surface area contributed by atoms with Crippen LogP contribution in [0.3, 0.4) is 0 Å². The van der Waals surface area contributed by atoms with Crippen molar-refractivity contribution in [2.45, 2.75) is 71.8 Å². The van der Waals surface area contributed by atoms with Gasteiger partial charge in [-0.05, 0) is 80.0 Å². The van der Waals surface area contributed by atoms with Gasteiger partial charge in [-0.3, -0.25) is 9.59 Å². The second-order valence-corrected chi connectivity index (χ2v) is 11.6. The van der Waals surface area contributed by atoms with Gasteiger partial charge in [0.1, 0.15) is 6.10 Å². The molecule has 0 N–H and O–H groups in total. The van der Waals surface area contributed by atoms with Crippen molar-refractivity contribution >= 4 is 11.8 Å². The molecule has 0 spiro atoms. The third-order valence-electron chi connectivity index (χ3n) is 9.28. The van der Waals surface area contributed by atoms with Gasteiger partial charge in [-0.1, -0.05) is 57.5 Å². The molecular formula is C28H38O3. The molecule has 0 unspecified atom stereocenters. The smallest absolute Gasteiger partial charge is 0.309 e. The van der Waals surface area contributed by atoms with Crippen LogP contribution in [0.5, 0.6) is 0 Å². The van der Waals surface area contributed by atoms with Crippen molar-refractivity contribution in [1.82, 2.24) is 0 Å². The lowest BCUT2D eigenvalue weighted by Crippen LogP contribution is -2.56. The molecule has 5 fully saturated rings. The van der Waals surface area contributed by atoms with Crippen LogP contribution in [0.4, 0.5) is 0 Å². The average Bonchev–Trinajstić information content (AvgIpc) is 2.73. The number of ketones is 1. The molecule has 0 radical (unpaired) electrons. The third-order valence-corrected chi connectivity index (χ3v) is 9.28. The van der Waals surface area contributed by atoms with Crippen molar-refractivity contribution in [2.75, 3.05) is 0 Å². The Balaban J connectivity index is 1.37. The van der Waals surface area contributed by atoms with E-state index in [2.05, 4.69) is 20.8 Å². The van der Waals surface area contributed by atoms with Crippen LogP contribution in [-0.2, 0) is 9.53 Å². The molecule has 6 rings (SSSR count). The number of benzene rings is 1. The minimum Gasteiger partial charge on any atom is -0.462 e. The van der Waals surface area contributed by atoms with Gasteiger partial charge in [0, 0.05) is 11.5 Å². The molecule has 3 nitrogen and oxygen atoms in total. The predicted octanol–water partition coefficient (Wildman–Crippen LogP) is 6.17. The first-order valence-electron chi connectivity index (χ1n) is 12.7. The second-order valence-electron chi connectivity index (χ2n) is 11.6. The highest BCUT2D eigenvalue weighted by molar-refractivity contribution is 5.98. The number of hydrogen-bond acceptors (Lipinski definition) is 3. The number of carbonyl (C=O) groups is 2. The standard InChI is InChI=1S/C28H38O3/c1-16(2)22-10-9-17(3)11-24(22)31-28(30)26-21-13-18-12-20(15-21)25(23(26)14-18)27(29)19-7-5-4-6-8-19/h4-8,16-18,20-26H,9-15H2,1-3H3/t17-,18+,20-,21+,22+,23-,24-,25-,26+/m1/s1. The molecule has 0 aliphatic heterocycles. The first-order valence-corrected chi connectivity index (χ1v) is 12.7. The molecule has 0 saturated heterocycles. The van der Waals surface area contributed by atoms with Gasteiger partial charge in [0.2, 0.25) is 0 Å². The molecule has 168 valence electrons. The van der Waals surface area contributed by atoms with Crippen LogP contribution >= 0.6 is 0 Å². The van der Waals surface area contributed by atoms with Crippen LogP contribution in [0.2, 0.25) is 0 Å². The maximum absolute atomic E-state index is 13.6. The van der Waals surface area contributed by atoms with Gasteiger partial charge >= 0.3 is 5.97 Å². The van der Waals surface area contributed by atoms with E-state index < -0.39 is 0 Å². The molecule has 1 aromatic carbocycles. The number of esters is 1. The maximum atomic E-state index is 13.6. The molecule has 1 aromatic rings. The number of hydrogen-bond donors (Lipinski definition) is 0. The fourth-order valence-electron chi connectivity index (χ4n) is 7.96. The molecule has 31 heavy (non-hydrogen) atoms. The summed E-state index contributed by atoms with van der Waals surface area (Å²) in [5.74, 6) is 3.60. The van der Waals surface area contributed by atoms with Gasteiger partial charge in [-0.25, -0.2) is 0 Å². The third kappa shape index (κ3) is 3.87. The summed E-state index contributed by atoms with van der Waals surface area (Å²) in [6, 6.07) is 9.75. The Bertz CT molecular complexity index is 815. The predicted molar refractivity (Wildman–Crippen MR) is 121 cm³/mol. The molecule has 0 amide bonds. The Hall–Kier alpha value is -1.64. The summed E-state index contributed by atoms with van der Waals surface area (Å²) in [6.45, 7) is 6.81. The Kier molecular flexibility index (Phi) is 5.73. The normalized spacial score (nSPS) is 41.4. The summed E-state index contributed by atoms with van der Waals surface area (Å²) in [5.41, 5.74) is 0.813. The fourth-order valence-corrected chi connectivity index (χ4v) is 7.96. The van der Waals surface area contributed by atoms with Gasteiger partial charge < -0.3 is 4.74 Å². The lowest BCUT2D eigenvalue weighted by Gasteiger charge is -2.57. The van der Waals surface area contributed by atoms with Gasteiger partial charge in [0.25, 0.3) is 0 Å². The molecule has 0 heterocycles. The van der Waals surface area contributed by atoms with Crippen LogP contribution in [0.25, 0.3) is 0 Å². The summed E-state index contributed by atoms with van der Waals surface area (Å²) in [6.07, 6.45) is 7.85. The Morgan fingerprint density at radius 3 is 2.32 bits per heavy atom. The lowest BCUT2D eigenvalue weighted by atomic mass is 9.47. The molecule has 0 aromatic heterocycles. The van der Waals surface area contributed by atoms with Crippen molar-refractivity contribution in [3.8, 4) is 0 Å². The van der Waals surface area contributed by atoms with E-state index in [4.69, 9.17) is 4.74 Å². The highest BCUT2D eigenvalue weighted by Crippen LogP contribution is 2.60. The topological polar surface area (TPSA) is 43.4 Å².